The van der Waals surface area contributed by atoms with Crippen LogP contribution in [0.1, 0.15) is 47.0 Å². The third-order valence-corrected chi connectivity index (χ3v) is 3.90. The molecule has 0 aliphatic heterocycles. The molecule has 3 nitrogen and oxygen atoms in total. The van der Waals surface area contributed by atoms with Crippen LogP contribution in [0, 0.1) is 5.41 Å². The van der Waals surface area contributed by atoms with Gasteiger partial charge in [-0.1, -0.05) is 20.3 Å². The zero-order valence-electron chi connectivity index (χ0n) is 12.5. The van der Waals surface area contributed by atoms with Gasteiger partial charge in [0.25, 0.3) is 0 Å². The topological polar surface area (TPSA) is 47.3 Å². The summed E-state index contributed by atoms with van der Waals surface area (Å²) in [5.74, 6) is 0.841. The normalized spacial score (nSPS) is 21.6. The van der Waals surface area contributed by atoms with Crippen molar-refractivity contribution in [1.29, 1.82) is 0 Å². The Bertz CT molecular complexity index is 440. The smallest absolute Gasteiger partial charge is 0.123 e. The van der Waals surface area contributed by atoms with Gasteiger partial charge in [0.1, 0.15) is 5.75 Å². The Morgan fingerprint density at radius 1 is 1.32 bits per heavy atom. The minimum absolute atomic E-state index is 0.164. The van der Waals surface area contributed by atoms with Gasteiger partial charge in [0.2, 0.25) is 0 Å². The van der Waals surface area contributed by atoms with E-state index in [9.17, 15) is 0 Å². The first kappa shape index (κ1) is 14.0. The van der Waals surface area contributed by atoms with E-state index in [1.54, 1.807) is 0 Å². The van der Waals surface area contributed by atoms with Crippen LogP contribution in [0.25, 0.3) is 0 Å². The van der Waals surface area contributed by atoms with Crippen molar-refractivity contribution in [2.75, 3.05) is 11.1 Å². The lowest BCUT2D eigenvalue weighted by Crippen LogP contribution is -2.30. The molecule has 0 heterocycles. The zero-order valence-corrected chi connectivity index (χ0v) is 12.5. The highest BCUT2D eigenvalue weighted by Gasteiger charge is 2.34. The highest BCUT2D eigenvalue weighted by atomic mass is 16.5. The molecular formula is C16H26N2O. The molecule has 1 aromatic carbocycles. The Balaban J connectivity index is 2.14. The van der Waals surface area contributed by atoms with Gasteiger partial charge in [-0.05, 0) is 38.2 Å². The summed E-state index contributed by atoms with van der Waals surface area (Å²) in [6, 6.07) is 6.43. The molecule has 1 unspecified atom stereocenters. The van der Waals surface area contributed by atoms with E-state index in [0.29, 0.717) is 11.5 Å². The number of anilines is 2. The Hall–Kier alpha value is -1.38. The van der Waals surface area contributed by atoms with Gasteiger partial charge in [0.15, 0.2) is 0 Å². The van der Waals surface area contributed by atoms with Crippen LogP contribution in [0.5, 0.6) is 5.75 Å². The predicted molar refractivity (Wildman–Crippen MR) is 81.7 cm³/mol. The monoisotopic (exact) mass is 262 g/mol. The van der Waals surface area contributed by atoms with Gasteiger partial charge in [-0.3, -0.25) is 0 Å². The van der Waals surface area contributed by atoms with Crippen LogP contribution in [0.15, 0.2) is 18.2 Å². The summed E-state index contributed by atoms with van der Waals surface area (Å²) in [7, 11) is 0. The molecule has 0 radical (unpaired) electrons. The number of nitrogens with one attached hydrogen (secondary N) is 1. The van der Waals surface area contributed by atoms with Crippen molar-refractivity contribution in [3.05, 3.63) is 18.2 Å². The molecule has 0 aromatic heterocycles. The minimum atomic E-state index is 0.164. The quantitative estimate of drug-likeness (QED) is 0.805. The molecule has 106 valence electrons. The lowest BCUT2D eigenvalue weighted by molar-refractivity contribution is 0.242. The Morgan fingerprint density at radius 2 is 2.05 bits per heavy atom. The van der Waals surface area contributed by atoms with Gasteiger partial charge < -0.3 is 15.8 Å². The number of hydrogen-bond donors (Lipinski definition) is 2. The van der Waals surface area contributed by atoms with E-state index < -0.39 is 0 Å². The van der Waals surface area contributed by atoms with Crippen molar-refractivity contribution >= 4 is 11.4 Å². The van der Waals surface area contributed by atoms with Crippen LogP contribution in [0.4, 0.5) is 11.4 Å². The van der Waals surface area contributed by atoms with E-state index in [1.165, 1.54) is 19.3 Å². The first-order chi connectivity index (χ1) is 8.87. The highest BCUT2D eigenvalue weighted by Crippen LogP contribution is 2.39. The van der Waals surface area contributed by atoms with Crippen LogP contribution in [0.2, 0.25) is 0 Å². The van der Waals surface area contributed by atoms with Crippen molar-refractivity contribution in [3.8, 4) is 5.75 Å². The van der Waals surface area contributed by atoms with Crippen LogP contribution >= 0.6 is 0 Å². The second kappa shape index (κ2) is 5.32. The average Bonchev–Trinajstić information content (AvgIpc) is 2.56. The van der Waals surface area contributed by atoms with Crippen molar-refractivity contribution in [2.24, 2.45) is 5.41 Å². The number of hydrogen-bond acceptors (Lipinski definition) is 3. The highest BCUT2D eigenvalue weighted by molar-refractivity contribution is 5.59. The van der Waals surface area contributed by atoms with Crippen molar-refractivity contribution in [3.63, 3.8) is 0 Å². The summed E-state index contributed by atoms with van der Waals surface area (Å²) in [6.07, 6.45) is 3.96. The van der Waals surface area contributed by atoms with Gasteiger partial charge >= 0.3 is 0 Å². The second-order valence-corrected chi connectivity index (χ2v) is 6.54. The average molecular weight is 262 g/mol. The molecule has 3 N–H and O–H groups in total. The van der Waals surface area contributed by atoms with Crippen molar-refractivity contribution < 1.29 is 4.74 Å². The number of benzene rings is 1. The second-order valence-electron chi connectivity index (χ2n) is 6.54. The van der Waals surface area contributed by atoms with Gasteiger partial charge in [0, 0.05) is 29.5 Å². The fraction of sp³-hybridized carbons (Fsp3) is 0.625. The van der Waals surface area contributed by atoms with Gasteiger partial charge in [-0.2, -0.15) is 0 Å². The molecule has 0 spiro atoms. The van der Waals surface area contributed by atoms with Crippen molar-refractivity contribution in [2.45, 2.75) is 59.1 Å². The first-order valence-corrected chi connectivity index (χ1v) is 7.20. The molecule has 19 heavy (non-hydrogen) atoms. The maximum Gasteiger partial charge on any atom is 0.123 e. The van der Waals surface area contributed by atoms with E-state index >= 15 is 0 Å². The SMILES string of the molecule is CC(C)Oc1cc(N)cc(NC2CCCC2(C)C)c1. The third-order valence-electron chi connectivity index (χ3n) is 3.90. The van der Waals surface area contributed by atoms with E-state index in [0.717, 1.165) is 17.1 Å². The van der Waals surface area contributed by atoms with E-state index in [1.807, 2.05) is 32.0 Å². The van der Waals surface area contributed by atoms with Gasteiger partial charge in [-0.15, -0.1) is 0 Å². The Kier molecular flexibility index (Phi) is 3.93. The largest absolute Gasteiger partial charge is 0.491 e. The summed E-state index contributed by atoms with van der Waals surface area (Å²) >= 11 is 0. The molecule has 0 saturated heterocycles. The number of ether oxygens (including phenoxy) is 1. The maximum atomic E-state index is 5.96. The fourth-order valence-corrected chi connectivity index (χ4v) is 2.84. The molecule has 1 aliphatic rings. The zero-order chi connectivity index (χ0) is 14.0. The van der Waals surface area contributed by atoms with Crippen LogP contribution in [-0.2, 0) is 0 Å². The Morgan fingerprint density at radius 3 is 2.63 bits per heavy atom. The minimum Gasteiger partial charge on any atom is -0.491 e. The summed E-state index contributed by atoms with van der Waals surface area (Å²) in [6.45, 7) is 8.71. The molecule has 0 bridgehead atoms. The van der Waals surface area contributed by atoms with E-state index in [2.05, 4.69) is 19.2 Å². The molecular weight excluding hydrogens is 236 g/mol. The standard InChI is InChI=1S/C16H26N2O/c1-11(2)19-14-9-12(17)8-13(10-14)18-15-6-5-7-16(15,3)4/h8-11,15,18H,5-7,17H2,1-4H3. The van der Waals surface area contributed by atoms with Crippen molar-refractivity contribution in [1.82, 2.24) is 0 Å². The van der Waals surface area contributed by atoms with Gasteiger partial charge in [0.05, 0.1) is 6.10 Å². The molecule has 1 atom stereocenters. The van der Waals surface area contributed by atoms with Crippen LogP contribution < -0.4 is 15.8 Å². The fourth-order valence-electron chi connectivity index (χ4n) is 2.84. The molecule has 2 rings (SSSR count). The number of nitrogen functional groups attached to an aromatic ring is 1. The third kappa shape index (κ3) is 3.55. The molecule has 1 aliphatic carbocycles. The summed E-state index contributed by atoms with van der Waals surface area (Å²) in [4.78, 5) is 0. The molecule has 1 aromatic rings. The molecule has 1 saturated carbocycles. The van der Waals surface area contributed by atoms with E-state index in [4.69, 9.17) is 10.5 Å². The predicted octanol–water partition coefficient (Wildman–Crippen LogP) is 4.05. The number of nitrogens with two attached hydrogens (primary N) is 1. The lowest BCUT2D eigenvalue weighted by atomic mass is 9.87. The first-order valence-electron chi connectivity index (χ1n) is 7.20. The van der Waals surface area contributed by atoms with Crippen LogP contribution in [0.3, 0.4) is 0 Å². The van der Waals surface area contributed by atoms with Gasteiger partial charge in [-0.25, -0.2) is 0 Å². The molecule has 3 heteroatoms. The number of rotatable bonds is 4. The summed E-state index contributed by atoms with van der Waals surface area (Å²) < 4.78 is 5.73. The molecule has 0 amide bonds. The van der Waals surface area contributed by atoms with Crippen LogP contribution in [-0.4, -0.2) is 12.1 Å². The maximum absolute atomic E-state index is 5.96. The summed E-state index contributed by atoms with van der Waals surface area (Å²) in [5.41, 5.74) is 8.12. The Labute approximate surface area is 116 Å². The lowest BCUT2D eigenvalue weighted by Gasteiger charge is -2.29. The molecule has 1 fully saturated rings. The van der Waals surface area contributed by atoms with E-state index in [-0.39, 0.29) is 6.10 Å². The summed E-state index contributed by atoms with van der Waals surface area (Å²) in [5, 5.41) is 3.63.